The van der Waals surface area contributed by atoms with Gasteiger partial charge in [-0.3, -0.25) is 0 Å². The molecule has 1 aliphatic carbocycles. The average molecular weight is 114 g/mol. The molecule has 1 unspecified atom stereocenters. The van der Waals surface area contributed by atoms with Gasteiger partial charge < -0.3 is 5.98 Å². The zero-order valence-electron chi connectivity index (χ0n) is 5.26. The monoisotopic (exact) mass is 114 g/mol. The smallest absolute Gasteiger partial charge is 1.00 e. The Morgan fingerprint density at radius 1 is 1.71 bits per heavy atom. The maximum absolute atomic E-state index is 9.87. The second-order valence-corrected chi connectivity index (χ2v) is 2.69. The molecule has 4 heteroatoms. The topological polar surface area (TPSA) is 37.3 Å². The van der Waals surface area contributed by atoms with Gasteiger partial charge in [-0.05, 0) is 12.8 Å². The minimum Gasteiger partial charge on any atom is -1.00 e. The maximum Gasteiger partial charge on any atom is 1.00 e. The standard InChI is InChI=1S/C3H6O2S.Li.H/c4-6(5)3-1-2-3;;/h3H,1-2H2,(H,4,5);;/q;+1;-1. The summed E-state index contributed by atoms with van der Waals surface area (Å²) < 4.78 is 18.0. The Bertz CT molecular complexity index is 85.4. The van der Waals surface area contributed by atoms with Crippen molar-refractivity contribution in [3.05, 3.63) is 0 Å². The molecule has 0 radical (unpaired) electrons. The second kappa shape index (κ2) is 2.88. The molecule has 0 heterocycles. The van der Waals surface area contributed by atoms with Crippen LogP contribution in [0.25, 0.3) is 0 Å². The van der Waals surface area contributed by atoms with Crippen LogP contribution in [0.2, 0.25) is 0 Å². The molecule has 0 aromatic carbocycles. The van der Waals surface area contributed by atoms with E-state index in [2.05, 4.69) is 0 Å². The molecule has 0 bridgehead atoms. The molecule has 0 spiro atoms. The Labute approximate surface area is 58.6 Å². The van der Waals surface area contributed by atoms with Crippen LogP contribution in [0.3, 0.4) is 0 Å². The number of hydrogen-bond donors (Lipinski definition) is 1. The van der Waals surface area contributed by atoms with Gasteiger partial charge in [0.1, 0.15) is 0 Å². The fraction of sp³-hybridized carbons (Fsp3) is 1.00. The summed E-state index contributed by atoms with van der Waals surface area (Å²) in [5, 5.41) is 0.130. The third-order valence-corrected chi connectivity index (χ3v) is 1.85. The zero-order chi connectivity index (χ0) is 4.57. The normalized spacial score (nSPS) is 23.0. The third kappa shape index (κ3) is 2.50. The van der Waals surface area contributed by atoms with Gasteiger partial charge in [0.25, 0.3) is 0 Å². The summed E-state index contributed by atoms with van der Waals surface area (Å²) >= 11 is -1.51. The molecule has 0 aliphatic heterocycles. The van der Waals surface area contributed by atoms with E-state index >= 15 is 0 Å². The SMILES string of the molecule is O=S(O)C1CC1.[H-].[Li+]. The molecule has 0 saturated heterocycles. The van der Waals surface area contributed by atoms with E-state index in [1.54, 1.807) is 0 Å². The summed E-state index contributed by atoms with van der Waals surface area (Å²) in [4.78, 5) is 0. The van der Waals surface area contributed by atoms with Gasteiger partial charge in [-0.1, -0.05) is 0 Å². The molecule has 0 aromatic rings. The van der Waals surface area contributed by atoms with Gasteiger partial charge in [-0.2, -0.15) is 0 Å². The van der Waals surface area contributed by atoms with Crippen LogP contribution in [-0.4, -0.2) is 14.0 Å². The van der Waals surface area contributed by atoms with Gasteiger partial charge >= 0.3 is 18.9 Å². The van der Waals surface area contributed by atoms with E-state index in [1.165, 1.54) is 0 Å². The molecule has 0 amide bonds. The summed E-state index contributed by atoms with van der Waals surface area (Å²) in [7, 11) is 0. The van der Waals surface area contributed by atoms with E-state index in [1.807, 2.05) is 0 Å². The molecule has 1 aliphatic rings. The van der Waals surface area contributed by atoms with Crippen LogP contribution in [0, 0.1) is 0 Å². The van der Waals surface area contributed by atoms with Crippen molar-refractivity contribution in [3.8, 4) is 0 Å². The van der Waals surface area contributed by atoms with Crippen LogP contribution in [0.5, 0.6) is 0 Å². The fourth-order valence-electron chi connectivity index (χ4n) is 0.270. The van der Waals surface area contributed by atoms with Crippen molar-refractivity contribution in [2.75, 3.05) is 0 Å². The Balaban J connectivity index is 0. The third-order valence-electron chi connectivity index (χ3n) is 0.810. The van der Waals surface area contributed by atoms with E-state index in [0.29, 0.717) is 0 Å². The molecule has 38 valence electrons. The quantitative estimate of drug-likeness (QED) is 0.302. The predicted molar refractivity (Wildman–Crippen MR) is 24.9 cm³/mol. The summed E-state index contributed by atoms with van der Waals surface area (Å²) in [5.74, 6) is 0. The van der Waals surface area contributed by atoms with Crippen molar-refractivity contribution in [1.29, 1.82) is 0 Å². The molecule has 1 rings (SSSR count). The first-order chi connectivity index (χ1) is 2.80. The van der Waals surface area contributed by atoms with Crippen molar-refractivity contribution in [2.24, 2.45) is 0 Å². The Morgan fingerprint density at radius 2 is 2.14 bits per heavy atom. The summed E-state index contributed by atoms with van der Waals surface area (Å²) in [6, 6.07) is 0. The molecule has 1 atom stereocenters. The summed E-state index contributed by atoms with van der Waals surface area (Å²) in [5.41, 5.74) is 0. The van der Waals surface area contributed by atoms with Crippen LogP contribution in [0.1, 0.15) is 14.3 Å². The van der Waals surface area contributed by atoms with Gasteiger partial charge in [0.05, 0.1) is 5.25 Å². The average Bonchev–Trinajstić information content (AvgIpc) is 2.06. The summed E-state index contributed by atoms with van der Waals surface area (Å²) in [6.07, 6.45) is 1.90. The Hall–Kier alpha value is 0.707. The van der Waals surface area contributed by atoms with Crippen molar-refractivity contribution < 1.29 is 29.0 Å². The molecule has 1 fully saturated rings. The number of hydrogen-bond acceptors (Lipinski definition) is 1. The van der Waals surface area contributed by atoms with Gasteiger partial charge in [0, 0.05) is 0 Å². The molecule has 7 heavy (non-hydrogen) atoms. The van der Waals surface area contributed by atoms with Crippen molar-refractivity contribution in [1.82, 2.24) is 0 Å². The Morgan fingerprint density at radius 3 is 2.14 bits per heavy atom. The van der Waals surface area contributed by atoms with Crippen LogP contribution in [-0.2, 0) is 11.1 Å². The predicted octanol–water partition coefficient (Wildman–Crippen LogP) is -2.51. The summed E-state index contributed by atoms with van der Waals surface area (Å²) in [6.45, 7) is 0. The first kappa shape index (κ1) is 7.71. The van der Waals surface area contributed by atoms with Crippen LogP contribution >= 0.6 is 0 Å². The van der Waals surface area contributed by atoms with Gasteiger partial charge in [0.15, 0.2) is 11.1 Å². The largest absolute Gasteiger partial charge is 1.00 e. The minimum absolute atomic E-state index is 0. The van der Waals surface area contributed by atoms with E-state index in [0.717, 1.165) is 12.8 Å². The fourth-order valence-corrected chi connectivity index (χ4v) is 0.809. The van der Waals surface area contributed by atoms with Crippen LogP contribution in [0.15, 0.2) is 0 Å². The van der Waals surface area contributed by atoms with Crippen LogP contribution < -0.4 is 18.9 Å². The molecular formula is C3H7LiO2S. The molecular weight excluding hydrogens is 107 g/mol. The van der Waals surface area contributed by atoms with E-state index in [4.69, 9.17) is 4.55 Å². The maximum atomic E-state index is 9.87. The van der Waals surface area contributed by atoms with Crippen molar-refractivity contribution in [3.63, 3.8) is 0 Å². The van der Waals surface area contributed by atoms with Gasteiger partial charge in [-0.15, -0.1) is 0 Å². The van der Waals surface area contributed by atoms with Crippen molar-refractivity contribution >= 4 is 11.1 Å². The van der Waals surface area contributed by atoms with E-state index in [-0.39, 0.29) is 25.5 Å². The van der Waals surface area contributed by atoms with Gasteiger partial charge in [-0.25, -0.2) is 4.21 Å². The zero-order valence-corrected chi connectivity index (χ0v) is 5.07. The van der Waals surface area contributed by atoms with Gasteiger partial charge in [0.2, 0.25) is 0 Å². The van der Waals surface area contributed by atoms with E-state index in [9.17, 15) is 4.21 Å². The number of rotatable bonds is 1. The first-order valence-electron chi connectivity index (χ1n) is 1.90. The Kier molecular flexibility index (Phi) is 3.17. The molecule has 1 saturated carbocycles. The molecule has 0 aromatic heterocycles. The van der Waals surface area contributed by atoms with E-state index < -0.39 is 11.1 Å². The van der Waals surface area contributed by atoms with Crippen LogP contribution in [0.4, 0.5) is 0 Å². The minimum atomic E-state index is -1.51. The molecule has 2 nitrogen and oxygen atoms in total. The first-order valence-corrected chi connectivity index (χ1v) is 3.07. The second-order valence-electron chi connectivity index (χ2n) is 1.48. The molecule has 1 N–H and O–H groups in total. The van der Waals surface area contributed by atoms with Crippen molar-refractivity contribution in [2.45, 2.75) is 18.1 Å².